The van der Waals surface area contributed by atoms with Gasteiger partial charge in [-0.2, -0.15) is 8.42 Å². The Kier molecular flexibility index (Phi) is 13.7. The first-order valence-electron chi connectivity index (χ1n) is 6.61. The molecule has 0 aromatic heterocycles. The topological polar surface area (TPSA) is 107 Å². The summed E-state index contributed by atoms with van der Waals surface area (Å²) >= 11 is 0. The van der Waals surface area contributed by atoms with Gasteiger partial charge in [-0.1, -0.05) is 26.7 Å². The number of unbranched alkanes of at least 4 members (excludes halogenated alkanes) is 2. The molecule has 0 bridgehead atoms. The molecule has 1 atom stereocenters. The van der Waals surface area contributed by atoms with Crippen molar-refractivity contribution in [2.45, 2.75) is 51.2 Å². The summed E-state index contributed by atoms with van der Waals surface area (Å²) in [7, 11) is -4.70. The van der Waals surface area contributed by atoms with Gasteiger partial charge >= 0.3 is 41.5 Å². The van der Waals surface area contributed by atoms with Gasteiger partial charge in [0, 0.05) is 0 Å². The Morgan fingerprint density at radius 3 is 1.95 bits per heavy atom. The van der Waals surface area contributed by atoms with Gasteiger partial charge in [-0.05, 0) is 12.8 Å². The van der Waals surface area contributed by atoms with Crippen LogP contribution >= 0.6 is 0 Å². The second-order valence-corrected chi connectivity index (χ2v) is 5.90. The predicted molar refractivity (Wildman–Crippen MR) is 78.8 cm³/mol. The molecule has 0 fully saturated rings. The number of carbonyl (C=O) groups is 2. The Hall–Kier alpha value is -0.150. The van der Waals surface area contributed by atoms with Gasteiger partial charge in [0.25, 0.3) is 10.1 Å². The molecule has 7 nitrogen and oxygen atoms in total. The molecular formula is C12H23NaO7S. The normalized spacial score (nSPS) is 12.1. The standard InChI is InChI=1S/C12H22O7S.Na.H/c1-3-5-7-18-11(13)9-10(20(15,16)17)12(14)19-8-6-4-2;;/h10H,3-9H2,1-2H3,(H,15,16,17);;. The minimum atomic E-state index is -4.70. The molecule has 0 heterocycles. The molecule has 9 heteroatoms. The van der Waals surface area contributed by atoms with Crippen molar-refractivity contribution in [3.63, 3.8) is 0 Å². The van der Waals surface area contributed by atoms with Crippen molar-refractivity contribution in [2.75, 3.05) is 13.2 Å². The van der Waals surface area contributed by atoms with Gasteiger partial charge in [0.05, 0.1) is 19.6 Å². The summed E-state index contributed by atoms with van der Waals surface area (Å²) in [4.78, 5) is 23.0. The monoisotopic (exact) mass is 334 g/mol. The summed E-state index contributed by atoms with van der Waals surface area (Å²) < 4.78 is 40.7. The first kappa shape index (κ1) is 23.1. The first-order valence-corrected chi connectivity index (χ1v) is 8.11. The molecule has 1 unspecified atom stereocenters. The molecule has 1 N–H and O–H groups in total. The van der Waals surface area contributed by atoms with Gasteiger partial charge < -0.3 is 9.47 Å². The summed E-state index contributed by atoms with van der Waals surface area (Å²) in [6.07, 6.45) is 2.05. The Bertz CT molecular complexity index is 408. The van der Waals surface area contributed by atoms with E-state index in [1.807, 2.05) is 13.8 Å². The molecule has 0 aromatic carbocycles. The fourth-order valence-electron chi connectivity index (χ4n) is 1.26. The van der Waals surface area contributed by atoms with Gasteiger partial charge in [0.15, 0.2) is 5.25 Å². The molecule has 0 aromatic rings. The molecule has 0 radical (unpaired) electrons. The second-order valence-electron chi connectivity index (χ2n) is 4.30. The van der Waals surface area contributed by atoms with E-state index in [1.165, 1.54) is 0 Å². The van der Waals surface area contributed by atoms with Crippen molar-refractivity contribution in [1.29, 1.82) is 0 Å². The fourth-order valence-corrected chi connectivity index (χ4v) is 1.92. The second kappa shape index (κ2) is 12.4. The van der Waals surface area contributed by atoms with Gasteiger partial charge in [-0.3, -0.25) is 14.1 Å². The van der Waals surface area contributed by atoms with E-state index < -0.39 is 33.7 Å². The van der Waals surface area contributed by atoms with Crippen molar-refractivity contribution in [1.82, 2.24) is 0 Å². The van der Waals surface area contributed by atoms with Crippen LogP contribution in [0.5, 0.6) is 0 Å². The molecule has 120 valence electrons. The van der Waals surface area contributed by atoms with Crippen LogP contribution in [0.1, 0.15) is 46.0 Å². The van der Waals surface area contributed by atoms with E-state index in [0.717, 1.165) is 12.8 Å². The summed E-state index contributed by atoms with van der Waals surface area (Å²) in [6, 6.07) is 0. The Morgan fingerprint density at radius 1 is 1.05 bits per heavy atom. The van der Waals surface area contributed by atoms with E-state index in [0.29, 0.717) is 12.8 Å². The molecule has 0 aliphatic rings. The van der Waals surface area contributed by atoms with Crippen molar-refractivity contribution >= 4 is 51.6 Å². The molecule has 0 aliphatic carbocycles. The van der Waals surface area contributed by atoms with Crippen molar-refractivity contribution in [2.24, 2.45) is 0 Å². The fraction of sp³-hybridized carbons (Fsp3) is 0.833. The van der Waals surface area contributed by atoms with Crippen molar-refractivity contribution in [3.8, 4) is 0 Å². The van der Waals surface area contributed by atoms with E-state index in [-0.39, 0.29) is 42.8 Å². The van der Waals surface area contributed by atoms with E-state index in [2.05, 4.69) is 0 Å². The van der Waals surface area contributed by atoms with Crippen LogP contribution in [-0.2, 0) is 29.2 Å². The van der Waals surface area contributed by atoms with Gasteiger partial charge in [0.1, 0.15) is 0 Å². The molecule has 0 spiro atoms. The number of esters is 2. The van der Waals surface area contributed by atoms with Crippen LogP contribution in [0.15, 0.2) is 0 Å². The Balaban J connectivity index is 0. The zero-order valence-corrected chi connectivity index (χ0v) is 12.6. The zero-order valence-electron chi connectivity index (χ0n) is 11.8. The van der Waals surface area contributed by atoms with Gasteiger partial charge in [-0.25, -0.2) is 0 Å². The van der Waals surface area contributed by atoms with Gasteiger partial charge in [-0.15, -0.1) is 0 Å². The van der Waals surface area contributed by atoms with E-state index in [9.17, 15) is 18.0 Å². The van der Waals surface area contributed by atoms with Crippen LogP contribution in [0.25, 0.3) is 0 Å². The third kappa shape index (κ3) is 11.1. The number of ether oxygens (including phenoxy) is 2. The Morgan fingerprint density at radius 2 is 1.52 bits per heavy atom. The average molecular weight is 334 g/mol. The molecule has 21 heavy (non-hydrogen) atoms. The minimum absolute atomic E-state index is 0. The quantitative estimate of drug-likeness (QED) is 0.271. The maximum absolute atomic E-state index is 11.6. The average Bonchev–Trinajstić information content (AvgIpc) is 2.35. The molecule has 0 saturated heterocycles. The molecular weight excluding hydrogens is 311 g/mol. The predicted octanol–water partition coefficient (Wildman–Crippen LogP) is 0.671. The summed E-state index contributed by atoms with van der Waals surface area (Å²) in [5, 5.41) is -1.92. The summed E-state index contributed by atoms with van der Waals surface area (Å²) in [5.41, 5.74) is 0. The van der Waals surface area contributed by atoms with Crippen LogP contribution in [0.4, 0.5) is 0 Å². The van der Waals surface area contributed by atoms with Gasteiger partial charge in [0.2, 0.25) is 0 Å². The molecule has 0 rings (SSSR count). The molecule has 0 amide bonds. The van der Waals surface area contributed by atoms with Crippen LogP contribution < -0.4 is 0 Å². The number of carbonyl (C=O) groups excluding carboxylic acids is 2. The maximum atomic E-state index is 11.6. The van der Waals surface area contributed by atoms with E-state index in [1.54, 1.807) is 0 Å². The molecule has 0 aliphatic heterocycles. The van der Waals surface area contributed by atoms with Crippen molar-refractivity contribution in [3.05, 3.63) is 0 Å². The van der Waals surface area contributed by atoms with Crippen LogP contribution in [0.3, 0.4) is 0 Å². The number of rotatable bonds is 10. The third-order valence-electron chi connectivity index (χ3n) is 2.48. The van der Waals surface area contributed by atoms with E-state index >= 15 is 0 Å². The number of hydrogen-bond donors (Lipinski definition) is 1. The van der Waals surface area contributed by atoms with Crippen LogP contribution in [0.2, 0.25) is 0 Å². The summed E-state index contributed by atoms with van der Waals surface area (Å²) in [5.74, 6) is -1.98. The van der Waals surface area contributed by atoms with Crippen LogP contribution in [0, 0.1) is 0 Å². The van der Waals surface area contributed by atoms with Crippen molar-refractivity contribution < 1.29 is 32.0 Å². The summed E-state index contributed by atoms with van der Waals surface area (Å²) in [6.45, 7) is 3.98. The Labute approximate surface area is 147 Å². The number of hydrogen-bond acceptors (Lipinski definition) is 6. The third-order valence-corrected chi connectivity index (χ3v) is 3.56. The zero-order chi connectivity index (χ0) is 15.6. The van der Waals surface area contributed by atoms with Crippen LogP contribution in [-0.4, -0.2) is 72.9 Å². The molecule has 0 saturated carbocycles. The first-order chi connectivity index (χ1) is 9.32. The van der Waals surface area contributed by atoms with E-state index in [4.69, 9.17) is 14.0 Å². The SMILES string of the molecule is CCCCOC(=O)CC(C(=O)OCCCC)S(=O)(=O)O.[NaH].